The maximum atomic E-state index is 5.82. The highest BCUT2D eigenvalue weighted by Gasteiger charge is 2.08. The topological polar surface area (TPSA) is 41.8 Å². The molecule has 0 amide bonds. The van der Waals surface area contributed by atoms with Gasteiger partial charge in [-0.25, -0.2) is 0 Å². The van der Waals surface area contributed by atoms with Gasteiger partial charge in [-0.05, 0) is 58.7 Å². The van der Waals surface area contributed by atoms with Crippen molar-refractivity contribution in [3.8, 4) is 22.3 Å². The van der Waals surface area contributed by atoms with Gasteiger partial charge in [0.25, 0.3) is 0 Å². The normalized spacial score (nSPS) is 11.2. The van der Waals surface area contributed by atoms with Crippen LogP contribution in [-0.2, 0) is 0 Å². The number of nitrogens with one attached hydrogen (secondary N) is 1. The molecule has 0 saturated carbocycles. The lowest BCUT2D eigenvalue weighted by Gasteiger charge is -2.04. The van der Waals surface area contributed by atoms with Gasteiger partial charge in [-0.2, -0.15) is 0 Å². The third kappa shape index (κ3) is 2.44. The summed E-state index contributed by atoms with van der Waals surface area (Å²) < 4.78 is 0. The number of nitrogen functional groups attached to an aromatic ring is 1. The number of anilines is 1. The van der Waals surface area contributed by atoms with E-state index < -0.39 is 0 Å². The summed E-state index contributed by atoms with van der Waals surface area (Å²) in [7, 11) is 0. The minimum atomic E-state index is 0.787. The predicted octanol–water partition coefficient (Wildman–Crippen LogP) is 6.24. The van der Waals surface area contributed by atoms with Crippen LogP contribution in [0.25, 0.3) is 44.1 Å². The third-order valence-electron chi connectivity index (χ3n) is 4.95. The van der Waals surface area contributed by atoms with E-state index in [1.807, 2.05) is 18.2 Å². The molecule has 5 aromatic rings. The molecule has 2 heteroatoms. The molecule has 0 atom stereocenters. The Hall–Kier alpha value is -3.52. The lowest BCUT2D eigenvalue weighted by Crippen LogP contribution is -1.84. The standard InChI is InChI=1S/C24H18N2/c25-20-10-6-17(7-11-20)19-9-13-24-22(15-19)21-14-18(8-12-23(21)26-24)16-4-2-1-3-5-16/h1-15,26H,25H2. The molecule has 124 valence electrons. The van der Waals surface area contributed by atoms with Gasteiger partial charge < -0.3 is 10.7 Å². The van der Waals surface area contributed by atoms with Gasteiger partial charge in [0.15, 0.2) is 0 Å². The summed E-state index contributed by atoms with van der Waals surface area (Å²) in [4.78, 5) is 3.52. The summed E-state index contributed by atoms with van der Waals surface area (Å²) in [5.41, 5.74) is 13.8. The molecule has 0 saturated heterocycles. The fraction of sp³-hybridized carbons (Fsp3) is 0. The van der Waals surface area contributed by atoms with Gasteiger partial charge in [-0.1, -0.05) is 54.6 Å². The summed E-state index contributed by atoms with van der Waals surface area (Å²) in [6.07, 6.45) is 0. The second-order valence-corrected chi connectivity index (χ2v) is 6.63. The van der Waals surface area contributed by atoms with Crippen molar-refractivity contribution in [3.63, 3.8) is 0 Å². The molecule has 0 bridgehead atoms. The summed E-state index contributed by atoms with van der Waals surface area (Å²) in [6, 6.07) is 31.7. The summed E-state index contributed by atoms with van der Waals surface area (Å²) in [5, 5.41) is 2.49. The molecule has 1 aromatic heterocycles. The average Bonchev–Trinajstić information content (AvgIpc) is 3.06. The first-order chi connectivity index (χ1) is 12.8. The zero-order chi connectivity index (χ0) is 17.5. The molecule has 0 aliphatic rings. The van der Waals surface area contributed by atoms with Gasteiger partial charge in [0, 0.05) is 27.5 Å². The Bertz CT molecular complexity index is 1220. The third-order valence-corrected chi connectivity index (χ3v) is 4.95. The maximum absolute atomic E-state index is 5.82. The van der Waals surface area contributed by atoms with Crippen LogP contribution in [0, 0.1) is 0 Å². The SMILES string of the molecule is Nc1ccc(-c2ccc3[nH]c4ccc(-c5ccccc5)cc4c3c2)cc1. The largest absolute Gasteiger partial charge is 0.399 e. The van der Waals surface area contributed by atoms with Crippen LogP contribution in [0.3, 0.4) is 0 Å². The van der Waals surface area contributed by atoms with Crippen molar-refractivity contribution in [2.24, 2.45) is 0 Å². The lowest BCUT2D eigenvalue weighted by molar-refractivity contribution is 1.54. The van der Waals surface area contributed by atoms with Crippen LogP contribution in [0.15, 0.2) is 91.0 Å². The Kier molecular flexibility index (Phi) is 3.29. The molecule has 1 heterocycles. The first kappa shape index (κ1) is 14.8. The lowest BCUT2D eigenvalue weighted by atomic mass is 10.0. The molecule has 0 unspecified atom stereocenters. The van der Waals surface area contributed by atoms with Gasteiger partial charge >= 0.3 is 0 Å². The molecular weight excluding hydrogens is 316 g/mol. The number of aromatic nitrogens is 1. The van der Waals surface area contributed by atoms with Crippen LogP contribution in [-0.4, -0.2) is 4.98 Å². The minimum Gasteiger partial charge on any atom is -0.399 e. The summed E-state index contributed by atoms with van der Waals surface area (Å²) in [6.45, 7) is 0. The average molecular weight is 334 g/mol. The Morgan fingerprint density at radius 3 is 1.58 bits per heavy atom. The van der Waals surface area contributed by atoms with Crippen molar-refractivity contribution in [1.29, 1.82) is 0 Å². The van der Waals surface area contributed by atoms with E-state index in [4.69, 9.17) is 5.73 Å². The zero-order valence-electron chi connectivity index (χ0n) is 14.2. The molecule has 2 nitrogen and oxygen atoms in total. The van der Waals surface area contributed by atoms with Crippen LogP contribution >= 0.6 is 0 Å². The highest BCUT2D eigenvalue weighted by Crippen LogP contribution is 2.33. The van der Waals surface area contributed by atoms with E-state index in [0.717, 1.165) is 16.7 Å². The number of hydrogen-bond donors (Lipinski definition) is 2. The second-order valence-electron chi connectivity index (χ2n) is 6.63. The minimum absolute atomic E-state index is 0.787. The van der Waals surface area contributed by atoms with E-state index in [2.05, 4.69) is 77.8 Å². The van der Waals surface area contributed by atoms with Crippen LogP contribution in [0.2, 0.25) is 0 Å². The van der Waals surface area contributed by atoms with E-state index >= 15 is 0 Å². The van der Waals surface area contributed by atoms with Crippen LogP contribution in [0.5, 0.6) is 0 Å². The number of aromatic amines is 1. The molecule has 5 rings (SSSR count). The van der Waals surface area contributed by atoms with E-state index in [1.54, 1.807) is 0 Å². The second kappa shape index (κ2) is 5.78. The van der Waals surface area contributed by atoms with Gasteiger partial charge in [0.2, 0.25) is 0 Å². The zero-order valence-corrected chi connectivity index (χ0v) is 14.2. The first-order valence-electron chi connectivity index (χ1n) is 8.75. The molecule has 0 fully saturated rings. The molecule has 0 aliphatic heterocycles. The predicted molar refractivity (Wildman–Crippen MR) is 111 cm³/mol. The van der Waals surface area contributed by atoms with E-state index in [0.29, 0.717) is 0 Å². The van der Waals surface area contributed by atoms with Crippen molar-refractivity contribution >= 4 is 27.5 Å². The first-order valence-corrected chi connectivity index (χ1v) is 8.75. The Labute approximate surface area is 151 Å². The number of benzene rings is 4. The number of H-pyrrole nitrogens is 1. The quantitative estimate of drug-likeness (QED) is 0.369. The van der Waals surface area contributed by atoms with Gasteiger partial charge in [-0.3, -0.25) is 0 Å². The highest BCUT2D eigenvalue weighted by molar-refractivity contribution is 6.09. The molecule has 4 aromatic carbocycles. The molecule has 0 spiro atoms. The van der Waals surface area contributed by atoms with Gasteiger partial charge in [-0.15, -0.1) is 0 Å². The Morgan fingerprint density at radius 1 is 0.500 bits per heavy atom. The van der Waals surface area contributed by atoms with Gasteiger partial charge in [0.1, 0.15) is 0 Å². The van der Waals surface area contributed by atoms with Crippen molar-refractivity contribution in [1.82, 2.24) is 4.98 Å². The monoisotopic (exact) mass is 334 g/mol. The molecule has 0 radical (unpaired) electrons. The van der Waals surface area contributed by atoms with Crippen molar-refractivity contribution in [2.75, 3.05) is 5.73 Å². The Morgan fingerprint density at radius 2 is 1.00 bits per heavy atom. The molecular formula is C24H18N2. The van der Waals surface area contributed by atoms with Crippen LogP contribution < -0.4 is 5.73 Å². The number of nitrogens with two attached hydrogens (primary N) is 1. The van der Waals surface area contributed by atoms with Crippen LogP contribution in [0.4, 0.5) is 5.69 Å². The fourth-order valence-corrected chi connectivity index (χ4v) is 3.56. The van der Waals surface area contributed by atoms with Crippen molar-refractivity contribution in [2.45, 2.75) is 0 Å². The maximum Gasteiger partial charge on any atom is 0.0465 e. The number of rotatable bonds is 2. The van der Waals surface area contributed by atoms with E-state index in [-0.39, 0.29) is 0 Å². The molecule has 3 N–H and O–H groups in total. The summed E-state index contributed by atoms with van der Waals surface area (Å²) >= 11 is 0. The van der Waals surface area contributed by atoms with E-state index in [1.165, 1.54) is 33.0 Å². The summed E-state index contributed by atoms with van der Waals surface area (Å²) in [5.74, 6) is 0. The highest BCUT2D eigenvalue weighted by atomic mass is 14.7. The smallest absolute Gasteiger partial charge is 0.0465 e. The Balaban J connectivity index is 1.71. The van der Waals surface area contributed by atoms with Crippen molar-refractivity contribution in [3.05, 3.63) is 91.0 Å². The van der Waals surface area contributed by atoms with Crippen LogP contribution in [0.1, 0.15) is 0 Å². The number of hydrogen-bond acceptors (Lipinski definition) is 1. The van der Waals surface area contributed by atoms with Crippen molar-refractivity contribution < 1.29 is 0 Å². The molecule has 26 heavy (non-hydrogen) atoms. The molecule has 0 aliphatic carbocycles. The fourth-order valence-electron chi connectivity index (χ4n) is 3.56. The van der Waals surface area contributed by atoms with E-state index in [9.17, 15) is 0 Å². The number of fused-ring (bicyclic) bond motifs is 3. The van der Waals surface area contributed by atoms with Gasteiger partial charge in [0.05, 0.1) is 0 Å².